The van der Waals surface area contributed by atoms with Crippen LogP contribution in [0, 0.1) is 5.92 Å². The normalized spacial score (nSPS) is 17.5. The first-order chi connectivity index (χ1) is 11.7. The summed E-state index contributed by atoms with van der Waals surface area (Å²) in [7, 11) is 0. The number of aromatic nitrogens is 2. The molecule has 0 aliphatic carbocycles. The lowest BCUT2D eigenvalue weighted by atomic mass is 10.1. The second-order valence-corrected chi connectivity index (χ2v) is 6.32. The molecular weight excluding hydrogens is 300 g/mol. The van der Waals surface area contributed by atoms with Crippen LogP contribution in [0.25, 0.3) is 16.9 Å². The van der Waals surface area contributed by atoms with Crippen molar-refractivity contribution < 1.29 is 4.79 Å². The van der Waals surface area contributed by atoms with E-state index >= 15 is 0 Å². The summed E-state index contributed by atoms with van der Waals surface area (Å²) in [6.45, 7) is 2.19. The average molecular weight is 320 g/mol. The number of pyridine rings is 1. The molecule has 3 aromatic rings. The summed E-state index contributed by atoms with van der Waals surface area (Å²) in [6, 6.07) is 13.8. The van der Waals surface area contributed by atoms with E-state index in [1.54, 1.807) is 0 Å². The van der Waals surface area contributed by atoms with Gasteiger partial charge in [0.05, 0.1) is 11.3 Å². The standard InChI is InChI=1S/C19H20N4O/c20-10-14-8-9-22(11-14)19(24)16-6-7-18-21-17(13-23(18)12-16)15-4-2-1-3-5-15/h1-7,12-14H,8-11,20H2. The molecule has 2 aromatic heterocycles. The zero-order valence-electron chi connectivity index (χ0n) is 13.4. The third-order valence-corrected chi connectivity index (χ3v) is 4.67. The Labute approximate surface area is 140 Å². The van der Waals surface area contributed by atoms with Crippen LogP contribution in [0.3, 0.4) is 0 Å². The summed E-state index contributed by atoms with van der Waals surface area (Å²) in [5.74, 6) is 0.499. The minimum atomic E-state index is 0.0720. The van der Waals surface area contributed by atoms with E-state index in [9.17, 15) is 4.79 Å². The van der Waals surface area contributed by atoms with Crippen LogP contribution in [0.5, 0.6) is 0 Å². The van der Waals surface area contributed by atoms with E-state index in [2.05, 4.69) is 4.98 Å². The number of fused-ring (bicyclic) bond motifs is 1. The van der Waals surface area contributed by atoms with E-state index in [1.165, 1.54) is 0 Å². The van der Waals surface area contributed by atoms with E-state index in [0.29, 0.717) is 18.0 Å². The van der Waals surface area contributed by atoms with Crippen LogP contribution in [0.15, 0.2) is 54.9 Å². The van der Waals surface area contributed by atoms with Gasteiger partial charge in [-0.3, -0.25) is 4.79 Å². The number of imidazole rings is 1. The minimum absolute atomic E-state index is 0.0720. The zero-order chi connectivity index (χ0) is 16.5. The molecule has 2 N–H and O–H groups in total. The lowest BCUT2D eigenvalue weighted by Gasteiger charge is -2.16. The van der Waals surface area contributed by atoms with Crippen molar-refractivity contribution in [1.82, 2.24) is 14.3 Å². The number of hydrogen-bond donors (Lipinski definition) is 1. The molecule has 1 amide bonds. The van der Waals surface area contributed by atoms with E-state index in [-0.39, 0.29) is 5.91 Å². The van der Waals surface area contributed by atoms with Gasteiger partial charge in [-0.05, 0) is 31.0 Å². The molecule has 1 saturated heterocycles. The highest BCUT2D eigenvalue weighted by Crippen LogP contribution is 2.21. The number of hydrogen-bond acceptors (Lipinski definition) is 3. The third-order valence-electron chi connectivity index (χ3n) is 4.67. The number of rotatable bonds is 3. The molecule has 1 aliphatic rings. The molecule has 5 heteroatoms. The molecule has 24 heavy (non-hydrogen) atoms. The Morgan fingerprint density at radius 2 is 2.00 bits per heavy atom. The number of nitrogens with zero attached hydrogens (tertiary/aromatic N) is 3. The molecule has 0 radical (unpaired) electrons. The Bertz CT molecular complexity index is 871. The van der Waals surface area contributed by atoms with Gasteiger partial charge in [0, 0.05) is 31.0 Å². The van der Waals surface area contributed by atoms with Crippen LogP contribution in [0.1, 0.15) is 16.8 Å². The first kappa shape index (κ1) is 14.9. The molecular formula is C19H20N4O. The monoisotopic (exact) mass is 320 g/mol. The number of carbonyl (C=O) groups excluding carboxylic acids is 1. The van der Waals surface area contributed by atoms with Gasteiger partial charge >= 0.3 is 0 Å². The van der Waals surface area contributed by atoms with Crippen LogP contribution < -0.4 is 5.73 Å². The Kier molecular flexibility index (Phi) is 3.78. The summed E-state index contributed by atoms with van der Waals surface area (Å²) in [6.07, 6.45) is 4.83. The van der Waals surface area contributed by atoms with Gasteiger partial charge in [-0.1, -0.05) is 30.3 Å². The molecule has 1 aliphatic heterocycles. The Morgan fingerprint density at radius 1 is 1.17 bits per heavy atom. The lowest BCUT2D eigenvalue weighted by Crippen LogP contribution is -2.30. The van der Waals surface area contributed by atoms with Crippen LogP contribution in [0.4, 0.5) is 0 Å². The maximum atomic E-state index is 12.7. The maximum absolute atomic E-state index is 12.7. The Balaban J connectivity index is 1.63. The molecule has 122 valence electrons. The summed E-state index contributed by atoms with van der Waals surface area (Å²) in [5.41, 5.74) is 9.22. The molecule has 0 bridgehead atoms. The second-order valence-electron chi connectivity index (χ2n) is 6.32. The molecule has 5 nitrogen and oxygen atoms in total. The van der Waals surface area contributed by atoms with Crippen LogP contribution in [0.2, 0.25) is 0 Å². The van der Waals surface area contributed by atoms with Crippen molar-refractivity contribution in [2.45, 2.75) is 6.42 Å². The average Bonchev–Trinajstić information content (AvgIpc) is 3.28. The van der Waals surface area contributed by atoms with Gasteiger partial charge in [0.1, 0.15) is 5.65 Å². The molecule has 0 spiro atoms. The van der Waals surface area contributed by atoms with E-state index < -0.39 is 0 Å². The van der Waals surface area contributed by atoms with Gasteiger partial charge in [-0.2, -0.15) is 0 Å². The summed E-state index contributed by atoms with van der Waals surface area (Å²) in [5, 5.41) is 0. The highest BCUT2D eigenvalue weighted by molar-refractivity contribution is 5.94. The van der Waals surface area contributed by atoms with Crippen LogP contribution in [-0.4, -0.2) is 39.8 Å². The highest BCUT2D eigenvalue weighted by Gasteiger charge is 2.26. The summed E-state index contributed by atoms with van der Waals surface area (Å²) >= 11 is 0. The molecule has 4 rings (SSSR count). The molecule has 1 atom stereocenters. The smallest absolute Gasteiger partial charge is 0.255 e. The Morgan fingerprint density at radius 3 is 2.75 bits per heavy atom. The lowest BCUT2D eigenvalue weighted by molar-refractivity contribution is 0.0787. The van der Waals surface area contributed by atoms with Crippen molar-refractivity contribution >= 4 is 11.6 Å². The molecule has 1 aromatic carbocycles. The predicted molar refractivity (Wildman–Crippen MR) is 93.7 cm³/mol. The number of benzene rings is 1. The molecule has 1 unspecified atom stereocenters. The number of nitrogens with two attached hydrogens (primary N) is 1. The van der Waals surface area contributed by atoms with Crippen molar-refractivity contribution in [3.8, 4) is 11.3 Å². The van der Waals surface area contributed by atoms with Gasteiger partial charge in [0.2, 0.25) is 0 Å². The predicted octanol–water partition coefficient (Wildman–Crippen LogP) is 2.42. The second kappa shape index (κ2) is 6.09. The van der Waals surface area contributed by atoms with Crippen molar-refractivity contribution in [2.24, 2.45) is 11.7 Å². The number of amides is 1. The number of carbonyl (C=O) groups is 1. The fourth-order valence-corrected chi connectivity index (χ4v) is 3.26. The molecule has 1 fully saturated rings. The first-order valence-corrected chi connectivity index (χ1v) is 8.28. The third kappa shape index (κ3) is 2.67. The van der Waals surface area contributed by atoms with E-state index in [1.807, 2.05) is 64.2 Å². The van der Waals surface area contributed by atoms with Gasteiger partial charge in [-0.25, -0.2) is 4.98 Å². The first-order valence-electron chi connectivity index (χ1n) is 8.28. The topological polar surface area (TPSA) is 63.6 Å². The Hall–Kier alpha value is -2.66. The quantitative estimate of drug-likeness (QED) is 0.806. The van der Waals surface area contributed by atoms with Crippen molar-refractivity contribution in [2.75, 3.05) is 19.6 Å². The van der Waals surface area contributed by atoms with Crippen molar-refractivity contribution in [3.05, 3.63) is 60.4 Å². The highest BCUT2D eigenvalue weighted by atomic mass is 16.2. The van der Waals surface area contributed by atoms with Crippen LogP contribution in [-0.2, 0) is 0 Å². The summed E-state index contributed by atoms with van der Waals surface area (Å²) < 4.78 is 1.92. The van der Waals surface area contributed by atoms with Gasteiger partial charge < -0.3 is 15.0 Å². The van der Waals surface area contributed by atoms with Gasteiger partial charge in [0.15, 0.2) is 0 Å². The largest absolute Gasteiger partial charge is 0.338 e. The van der Waals surface area contributed by atoms with Crippen LogP contribution >= 0.6 is 0 Å². The van der Waals surface area contributed by atoms with Gasteiger partial charge in [0.25, 0.3) is 5.91 Å². The van der Waals surface area contributed by atoms with Gasteiger partial charge in [-0.15, -0.1) is 0 Å². The molecule has 3 heterocycles. The van der Waals surface area contributed by atoms with Crippen molar-refractivity contribution in [3.63, 3.8) is 0 Å². The minimum Gasteiger partial charge on any atom is -0.338 e. The maximum Gasteiger partial charge on any atom is 0.255 e. The zero-order valence-corrected chi connectivity index (χ0v) is 13.4. The summed E-state index contributed by atoms with van der Waals surface area (Å²) in [4.78, 5) is 19.2. The van der Waals surface area contributed by atoms with E-state index in [4.69, 9.17) is 5.73 Å². The fourth-order valence-electron chi connectivity index (χ4n) is 3.26. The SMILES string of the molecule is NCC1CCN(C(=O)c2ccc3nc(-c4ccccc4)cn3c2)C1. The number of likely N-dealkylation sites (tertiary alicyclic amines) is 1. The van der Waals surface area contributed by atoms with E-state index in [0.717, 1.165) is 36.4 Å². The van der Waals surface area contributed by atoms with Crippen molar-refractivity contribution in [1.29, 1.82) is 0 Å². The fraction of sp³-hybridized carbons (Fsp3) is 0.263. The molecule has 0 saturated carbocycles.